The first kappa shape index (κ1) is 28.9. The van der Waals surface area contributed by atoms with Crippen molar-refractivity contribution in [2.75, 3.05) is 23.6 Å². The molecule has 37 heavy (non-hydrogen) atoms. The molecule has 0 unspecified atom stereocenters. The van der Waals surface area contributed by atoms with E-state index in [1.165, 1.54) is 35.2 Å². The first-order chi connectivity index (χ1) is 17.2. The molecule has 1 atom stereocenters. The molecule has 13 heteroatoms. The number of carbonyl (C=O) groups is 1. The van der Waals surface area contributed by atoms with Crippen LogP contribution in [0.15, 0.2) is 62.5 Å². The van der Waals surface area contributed by atoms with E-state index in [4.69, 9.17) is 16.9 Å². The van der Waals surface area contributed by atoms with Crippen LogP contribution in [0.3, 0.4) is 0 Å². The van der Waals surface area contributed by atoms with E-state index < -0.39 is 31.6 Å². The highest BCUT2D eigenvalue weighted by Crippen LogP contribution is 2.38. The minimum absolute atomic E-state index is 0.0132. The quantitative estimate of drug-likeness (QED) is 0.161. The number of benzene rings is 2. The number of amidine groups is 1. The molecule has 1 amide bonds. The van der Waals surface area contributed by atoms with Crippen LogP contribution in [-0.2, 0) is 24.5 Å². The van der Waals surface area contributed by atoms with Crippen molar-refractivity contribution in [3.05, 3.63) is 59.0 Å². The van der Waals surface area contributed by atoms with Crippen LogP contribution < -0.4 is 16.8 Å². The van der Waals surface area contributed by atoms with Gasteiger partial charge >= 0.3 is 0 Å². The maximum absolute atomic E-state index is 13.5. The monoisotopic (exact) mass is 580 g/mol. The molecule has 0 aliphatic carbocycles. The van der Waals surface area contributed by atoms with Crippen LogP contribution in [0.5, 0.6) is 0 Å². The second-order valence-electron chi connectivity index (χ2n) is 8.46. The summed E-state index contributed by atoms with van der Waals surface area (Å²) in [6.45, 7) is 1.83. The third-order valence-corrected chi connectivity index (χ3v) is 10.8. The summed E-state index contributed by atoms with van der Waals surface area (Å²) in [5.74, 6) is -0.859. The van der Waals surface area contributed by atoms with E-state index in [1.807, 2.05) is 6.92 Å². The van der Waals surface area contributed by atoms with Crippen LogP contribution in [0, 0.1) is 12.3 Å². The molecule has 0 radical (unpaired) electrons. The van der Waals surface area contributed by atoms with Crippen LogP contribution in [0.2, 0.25) is 0 Å². The summed E-state index contributed by atoms with van der Waals surface area (Å²) in [5.41, 5.74) is 14.1. The van der Waals surface area contributed by atoms with Gasteiger partial charge in [-0.15, -0.1) is 23.1 Å². The minimum atomic E-state index is -3.86. The molecule has 0 spiro atoms. The number of hydrogen-bond donors (Lipinski definition) is 4. The molecular formula is C24H28N4O5S4. The zero-order chi connectivity index (χ0) is 27.5. The Bertz CT molecular complexity index is 1560. The minimum Gasteiger partial charge on any atom is -0.383 e. The van der Waals surface area contributed by atoms with Gasteiger partial charge in [-0.05, 0) is 66.6 Å². The van der Waals surface area contributed by atoms with Gasteiger partial charge in [0.1, 0.15) is 15.7 Å². The molecular weight excluding hydrogens is 553 g/mol. The number of nitrogens with one attached hydrogen (secondary N) is 2. The number of sulfone groups is 2. The Morgan fingerprint density at radius 2 is 1.84 bits per heavy atom. The number of anilines is 1. The van der Waals surface area contributed by atoms with Gasteiger partial charge in [0.15, 0.2) is 0 Å². The van der Waals surface area contributed by atoms with Gasteiger partial charge in [0.2, 0.25) is 15.7 Å². The van der Waals surface area contributed by atoms with Gasteiger partial charge in [0, 0.05) is 11.9 Å². The number of thiophene rings is 1. The molecule has 0 fully saturated rings. The summed E-state index contributed by atoms with van der Waals surface area (Å²) in [5, 5.41) is 10.4. The van der Waals surface area contributed by atoms with Crippen molar-refractivity contribution in [2.45, 2.75) is 33.4 Å². The number of amides is 1. The molecule has 0 aliphatic rings. The van der Waals surface area contributed by atoms with Crippen LogP contribution in [-0.4, -0.2) is 52.9 Å². The van der Waals surface area contributed by atoms with Gasteiger partial charge in [0.05, 0.1) is 30.7 Å². The predicted octanol–water partition coefficient (Wildman–Crippen LogP) is 3.26. The summed E-state index contributed by atoms with van der Waals surface area (Å²) in [6.07, 6.45) is 2.87. The highest BCUT2D eigenvalue weighted by Gasteiger charge is 2.25. The SMILES string of the molecule is CSc1sc(C(=N)N)cc1S(=O)(=O)c1cccc(-c2ccc(NC(=O)[C@@H](N)CCS(C)(=O)=O)cc2C)c1. The van der Waals surface area contributed by atoms with Crippen molar-refractivity contribution >= 4 is 60.2 Å². The van der Waals surface area contributed by atoms with Crippen molar-refractivity contribution in [3.8, 4) is 11.1 Å². The number of aryl methyl sites for hydroxylation is 1. The Morgan fingerprint density at radius 3 is 2.43 bits per heavy atom. The van der Waals surface area contributed by atoms with Gasteiger partial charge in [-0.3, -0.25) is 10.2 Å². The molecule has 9 nitrogen and oxygen atoms in total. The van der Waals surface area contributed by atoms with Gasteiger partial charge in [0.25, 0.3) is 0 Å². The van der Waals surface area contributed by atoms with E-state index in [0.29, 0.717) is 20.3 Å². The van der Waals surface area contributed by atoms with E-state index in [0.717, 1.165) is 17.4 Å². The molecule has 0 aliphatic heterocycles. The third-order valence-electron chi connectivity index (χ3n) is 5.49. The third kappa shape index (κ3) is 6.99. The average molecular weight is 581 g/mol. The smallest absolute Gasteiger partial charge is 0.241 e. The number of nitrogens with two attached hydrogens (primary N) is 2. The van der Waals surface area contributed by atoms with Crippen LogP contribution in [0.25, 0.3) is 11.1 Å². The van der Waals surface area contributed by atoms with Crippen molar-refractivity contribution in [2.24, 2.45) is 11.5 Å². The molecule has 1 aromatic heterocycles. The molecule has 2 aromatic carbocycles. The first-order valence-corrected chi connectivity index (χ1v) is 16.5. The standard InChI is InChI=1S/C24H28N4O5S4/c1-14-11-16(28-23(29)19(25)9-10-36(3,30)31)7-8-18(14)15-5-4-6-17(12-15)37(32,33)21-13-20(22(26)27)35-24(21)34-2/h4-8,11-13,19H,9-10,25H2,1-3H3,(H3,26,27)(H,28,29)/t19-/m0/s1. The fourth-order valence-corrected chi connectivity index (χ4v) is 8.13. The zero-order valence-corrected chi connectivity index (χ0v) is 23.7. The fraction of sp³-hybridized carbons (Fsp3) is 0.250. The van der Waals surface area contributed by atoms with Crippen molar-refractivity contribution < 1.29 is 21.6 Å². The lowest BCUT2D eigenvalue weighted by molar-refractivity contribution is -0.117. The van der Waals surface area contributed by atoms with E-state index >= 15 is 0 Å². The van der Waals surface area contributed by atoms with Gasteiger partial charge < -0.3 is 16.8 Å². The Morgan fingerprint density at radius 1 is 1.14 bits per heavy atom. The van der Waals surface area contributed by atoms with E-state index in [1.54, 1.807) is 42.7 Å². The molecule has 198 valence electrons. The largest absolute Gasteiger partial charge is 0.383 e. The highest BCUT2D eigenvalue weighted by molar-refractivity contribution is 8.01. The summed E-state index contributed by atoms with van der Waals surface area (Å²) in [7, 11) is -7.09. The molecule has 1 heterocycles. The molecule has 0 saturated heterocycles. The highest BCUT2D eigenvalue weighted by atomic mass is 32.2. The van der Waals surface area contributed by atoms with Crippen LogP contribution >= 0.6 is 23.1 Å². The van der Waals surface area contributed by atoms with Crippen LogP contribution in [0.4, 0.5) is 5.69 Å². The normalized spacial score (nSPS) is 12.8. The van der Waals surface area contributed by atoms with Crippen LogP contribution in [0.1, 0.15) is 16.9 Å². The number of rotatable bonds is 10. The Hall–Kier alpha value is -2.71. The lowest BCUT2D eigenvalue weighted by Crippen LogP contribution is -2.37. The van der Waals surface area contributed by atoms with Crippen molar-refractivity contribution in [1.29, 1.82) is 5.41 Å². The lowest BCUT2D eigenvalue weighted by Gasteiger charge is -2.14. The molecule has 3 rings (SSSR count). The number of carbonyl (C=O) groups excluding carboxylic acids is 1. The molecule has 3 aromatic rings. The molecule has 0 bridgehead atoms. The maximum Gasteiger partial charge on any atom is 0.241 e. The van der Waals surface area contributed by atoms with Crippen molar-refractivity contribution in [1.82, 2.24) is 0 Å². The van der Waals surface area contributed by atoms with Crippen molar-refractivity contribution in [3.63, 3.8) is 0 Å². The summed E-state index contributed by atoms with van der Waals surface area (Å²) in [6, 6.07) is 12.2. The lowest BCUT2D eigenvalue weighted by atomic mass is 10.00. The summed E-state index contributed by atoms with van der Waals surface area (Å²) < 4.78 is 50.1. The molecule has 6 N–H and O–H groups in total. The maximum atomic E-state index is 13.5. The Labute approximate surface area is 225 Å². The van der Waals surface area contributed by atoms with Gasteiger partial charge in [-0.25, -0.2) is 16.8 Å². The Kier molecular flexibility index (Phi) is 8.85. The number of nitrogen functional groups attached to an aromatic ring is 1. The first-order valence-electron chi connectivity index (χ1n) is 11.0. The van der Waals surface area contributed by atoms with E-state index in [9.17, 15) is 21.6 Å². The summed E-state index contributed by atoms with van der Waals surface area (Å²) >= 11 is 2.45. The van der Waals surface area contributed by atoms with Gasteiger partial charge in [-0.1, -0.05) is 18.2 Å². The Balaban J connectivity index is 1.87. The van der Waals surface area contributed by atoms with Gasteiger partial charge in [-0.2, -0.15) is 0 Å². The second kappa shape index (κ2) is 11.4. The number of thioether (sulfide) groups is 1. The number of hydrogen-bond acceptors (Lipinski definition) is 9. The molecule has 0 saturated carbocycles. The zero-order valence-electron chi connectivity index (χ0n) is 20.4. The summed E-state index contributed by atoms with van der Waals surface area (Å²) in [4.78, 5) is 13.0. The average Bonchev–Trinajstić information content (AvgIpc) is 3.28. The predicted molar refractivity (Wildman–Crippen MR) is 150 cm³/mol. The fourth-order valence-electron chi connectivity index (χ4n) is 3.55. The topological polar surface area (TPSA) is 173 Å². The second-order valence-corrected chi connectivity index (χ2v) is 14.8. The van der Waals surface area contributed by atoms with E-state index in [2.05, 4.69) is 5.32 Å². The van der Waals surface area contributed by atoms with E-state index in [-0.39, 0.29) is 27.8 Å².